The smallest absolute Gasteiger partial charge is 0.315 e. The maximum atomic E-state index is 11.5. The number of hydrogen-bond acceptors (Lipinski definition) is 2. The molecule has 0 aromatic heterocycles. The average molecular weight is 234 g/mol. The van der Waals surface area contributed by atoms with Crippen LogP contribution >= 0.6 is 0 Å². The van der Waals surface area contributed by atoms with Crippen LogP contribution in [0.25, 0.3) is 0 Å². The van der Waals surface area contributed by atoms with Gasteiger partial charge in [0.1, 0.15) is 0 Å². The Bertz CT molecular complexity index is 406. The lowest BCUT2D eigenvalue weighted by molar-refractivity contribution is 0.147. The van der Waals surface area contributed by atoms with Gasteiger partial charge in [0.05, 0.1) is 12.1 Å². The van der Waals surface area contributed by atoms with E-state index in [4.69, 9.17) is 0 Å². The van der Waals surface area contributed by atoms with Crippen molar-refractivity contribution >= 4 is 6.03 Å². The van der Waals surface area contributed by atoms with Crippen molar-refractivity contribution in [3.05, 3.63) is 35.4 Å². The molecule has 1 aliphatic rings. The van der Waals surface area contributed by atoms with Crippen molar-refractivity contribution in [1.82, 2.24) is 10.6 Å². The van der Waals surface area contributed by atoms with E-state index in [-0.39, 0.29) is 12.1 Å². The summed E-state index contributed by atoms with van der Waals surface area (Å²) in [6, 6.07) is 7.59. The maximum absolute atomic E-state index is 11.5. The number of hydrogen-bond donors (Lipinski definition) is 3. The van der Waals surface area contributed by atoms with Crippen LogP contribution in [0.3, 0.4) is 0 Å². The highest BCUT2D eigenvalue weighted by Gasteiger charge is 2.26. The molecule has 0 radical (unpaired) electrons. The Morgan fingerprint density at radius 1 is 1.35 bits per heavy atom. The first-order valence-corrected chi connectivity index (χ1v) is 6.03. The molecule has 0 heterocycles. The van der Waals surface area contributed by atoms with Crippen molar-refractivity contribution in [1.29, 1.82) is 0 Å². The molecule has 1 aromatic carbocycles. The molecule has 0 fully saturated rings. The van der Waals surface area contributed by atoms with Crippen molar-refractivity contribution < 1.29 is 9.90 Å². The fourth-order valence-corrected chi connectivity index (χ4v) is 2.29. The number of carbonyl (C=O) groups excluding carboxylic acids is 1. The predicted octanol–water partition coefficient (Wildman–Crippen LogP) is 1.87. The predicted molar refractivity (Wildman–Crippen MR) is 65.6 cm³/mol. The van der Waals surface area contributed by atoms with Gasteiger partial charge in [0.25, 0.3) is 0 Å². The molecule has 0 saturated heterocycles. The first-order valence-electron chi connectivity index (χ1n) is 6.03. The van der Waals surface area contributed by atoms with Crippen LogP contribution in [0, 0.1) is 0 Å². The normalized spacial score (nSPS) is 22.7. The van der Waals surface area contributed by atoms with Gasteiger partial charge in [-0.1, -0.05) is 24.3 Å². The molecule has 0 spiro atoms. The van der Waals surface area contributed by atoms with Gasteiger partial charge in [-0.05, 0) is 30.9 Å². The van der Waals surface area contributed by atoms with Gasteiger partial charge in [-0.25, -0.2) is 4.79 Å². The number of benzene rings is 1. The van der Waals surface area contributed by atoms with Crippen LogP contribution in [0.15, 0.2) is 24.3 Å². The number of aliphatic hydroxyl groups is 1. The van der Waals surface area contributed by atoms with Crippen molar-refractivity contribution in [2.45, 2.75) is 31.9 Å². The molecule has 4 nitrogen and oxygen atoms in total. The summed E-state index contributed by atoms with van der Waals surface area (Å²) in [7, 11) is 0. The van der Waals surface area contributed by atoms with Crippen LogP contribution in [0.2, 0.25) is 0 Å². The molecule has 1 aliphatic carbocycles. The lowest BCUT2D eigenvalue weighted by Crippen LogP contribution is -2.39. The van der Waals surface area contributed by atoms with E-state index in [2.05, 4.69) is 10.6 Å². The quantitative estimate of drug-likeness (QED) is 0.731. The first-order chi connectivity index (χ1) is 8.22. The third-order valence-corrected chi connectivity index (χ3v) is 3.10. The lowest BCUT2D eigenvalue weighted by atomic mass is 9.86. The van der Waals surface area contributed by atoms with E-state index in [0.717, 1.165) is 17.5 Å². The zero-order valence-corrected chi connectivity index (χ0v) is 9.94. The summed E-state index contributed by atoms with van der Waals surface area (Å²) in [6.07, 6.45) is 1.06. The molecule has 2 unspecified atom stereocenters. The Morgan fingerprint density at radius 2 is 2.06 bits per heavy atom. The highest BCUT2D eigenvalue weighted by Crippen LogP contribution is 2.35. The third-order valence-electron chi connectivity index (χ3n) is 3.10. The van der Waals surface area contributed by atoms with E-state index >= 15 is 0 Å². The van der Waals surface area contributed by atoms with Gasteiger partial charge in [-0.3, -0.25) is 0 Å². The fraction of sp³-hybridized carbons (Fsp3) is 0.462. The second kappa shape index (κ2) is 5.19. The topological polar surface area (TPSA) is 61.4 Å². The van der Waals surface area contributed by atoms with Crippen LogP contribution in [-0.4, -0.2) is 17.7 Å². The fourth-order valence-electron chi connectivity index (χ4n) is 2.29. The summed E-state index contributed by atoms with van der Waals surface area (Å²) in [5.41, 5.74) is 1.96. The molecule has 1 aromatic rings. The Hall–Kier alpha value is -1.55. The second-order valence-corrected chi connectivity index (χ2v) is 4.28. The molecule has 0 aliphatic heterocycles. The molecule has 0 saturated carbocycles. The van der Waals surface area contributed by atoms with Crippen molar-refractivity contribution in [2.24, 2.45) is 0 Å². The van der Waals surface area contributed by atoms with Crippen LogP contribution < -0.4 is 10.6 Å². The molecule has 2 amide bonds. The van der Waals surface area contributed by atoms with Crippen LogP contribution in [0.4, 0.5) is 4.79 Å². The average Bonchev–Trinajstić information content (AvgIpc) is 2.34. The zero-order valence-electron chi connectivity index (χ0n) is 9.94. The molecule has 17 heavy (non-hydrogen) atoms. The monoisotopic (exact) mass is 234 g/mol. The number of amides is 2. The Morgan fingerprint density at radius 3 is 2.76 bits per heavy atom. The number of aliphatic hydroxyl groups excluding tert-OH is 1. The molecule has 92 valence electrons. The Labute approximate surface area is 101 Å². The van der Waals surface area contributed by atoms with Crippen molar-refractivity contribution in [3.63, 3.8) is 0 Å². The van der Waals surface area contributed by atoms with Gasteiger partial charge < -0.3 is 15.7 Å². The minimum atomic E-state index is -0.404. The summed E-state index contributed by atoms with van der Waals surface area (Å²) in [5, 5.41) is 15.5. The maximum Gasteiger partial charge on any atom is 0.315 e. The molecule has 0 bridgehead atoms. The number of rotatable bonds is 2. The van der Waals surface area contributed by atoms with E-state index in [1.165, 1.54) is 0 Å². The zero-order chi connectivity index (χ0) is 12.3. The van der Waals surface area contributed by atoms with Gasteiger partial charge in [0, 0.05) is 6.54 Å². The van der Waals surface area contributed by atoms with Gasteiger partial charge in [-0.15, -0.1) is 0 Å². The van der Waals surface area contributed by atoms with E-state index in [1.807, 2.05) is 31.2 Å². The number of nitrogens with one attached hydrogen (secondary N) is 2. The minimum Gasteiger partial charge on any atom is -0.388 e. The van der Waals surface area contributed by atoms with Crippen LogP contribution in [0.5, 0.6) is 0 Å². The summed E-state index contributed by atoms with van der Waals surface area (Å²) in [6.45, 7) is 2.50. The number of urea groups is 1. The molecular formula is C13H18N2O2. The SMILES string of the molecule is CCNC(=O)NC1CCC(O)c2ccccc21. The summed E-state index contributed by atoms with van der Waals surface area (Å²) in [5.74, 6) is 0. The third kappa shape index (κ3) is 2.58. The standard InChI is InChI=1S/C13H18N2O2/c1-2-14-13(17)15-11-7-8-12(16)10-6-4-3-5-9(10)11/h3-6,11-12,16H,2,7-8H2,1H3,(H2,14,15,17). The highest BCUT2D eigenvalue weighted by molar-refractivity contribution is 5.74. The summed E-state index contributed by atoms with van der Waals surface area (Å²) >= 11 is 0. The molecule has 2 rings (SSSR count). The highest BCUT2D eigenvalue weighted by atomic mass is 16.3. The largest absolute Gasteiger partial charge is 0.388 e. The van der Waals surface area contributed by atoms with Crippen LogP contribution in [-0.2, 0) is 0 Å². The van der Waals surface area contributed by atoms with Crippen molar-refractivity contribution in [3.8, 4) is 0 Å². The number of fused-ring (bicyclic) bond motifs is 1. The molecule has 4 heteroatoms. The summed E-state index contributed by atoms with van der Waals surface area (Å²) < 4.78 is 0. The molecule has 3 N–H and O–H groups in total. The van der Waals surface area contributed by atoms with Gasteiger partial charge in [-0.2, -0.15) is 0 Å². The van der Waals surface area contributed by atoms with Gasteiger partial charge in [0.15, 0.2) is 0 Å². The number of carbonyl (C=O) groups is 1. The lowest BCUT2D eigenvalue weighted by Gasteiger charge is -2.29. The molecule has 2 atom stereocenters. The molecular weight excluding hydrogens is 216 g/mol. The van der Waals surface area contributed by atoms with Gasteiger partial charge in [0.2, 0.25) is 0 Å². The van der Waals surface area contributed by atoms with Crippen LogP contribution in [0.1, 0.15) is 43.0 Å². The Balaban J connectivity index is 2.16. The van der Waals surface area contributed by atoms with E-state index in [1.54, 1.807) is 0 Å². The van der Waals surface area contributed by atoms with Crippen molar-refractivity contribution in [2.75, 3.05) is 6.54 Å². The minimum absolute atomic E-state index is 0.00106. The van der Waals surface area contributed by atoms with E-state index in [9.17, 15) is 9.90 Å². The Kier molecular flexibility index (Phi) is 3.64. The van der Waals surface area contributed by atoms with E-state index in [0.29, 0.717) is 13.0 Å². The van der Waals surface area contributed by atoms with Gasteiger partial charge >= 0.3 is 6.03 Å². The summed E-state index contributed by atoms with van der Waals surface area (Å²) in [4.78, 5) is 11.5. The first kappa shape index (κ1) is 11.9. The van der Waals surface area contributed by atoms with E-state index < -0.39 is 6.10 Å². The second-order valence-electron chi connectivity index (χ2n) is 4.28.